The first-order valence-corrected chi connectivity index (χ1v) is 12.0. The minimum absolute atomic E-state index is 0.132. The van der Waals surface area contributed by atoms with E-state index < -0.39 is 0 Å². The molecule has 0 spiro atoms. The molecule has 0 unspecified atom stereocenters. The highest BCUT2D eigenvalue weighted by Gasteiger charge is 2.37. The van der Waals surface area contributed by atoms with Crippen molar-refractivity contribution in [1.29, 1.82) is 5.26 Å². The van der Waals surface area contributed by atoms with E-state index in [2.05, 4.69) is 10.9 Å². The van der Waals surface area contributed by atoms with Gasteiger partial charge in [0.25, 0.3) is 11.8 Å². The van der Waals surface area contributed by atoms with E-state index in [0.29, 0.717) is 79.4 Å². The molecule has 0 saturated heterocycles. The summed E-state index contributed by atoms with van der Waals surface area (Å²) >= 11 is 0. The molecule has 172 valence electrons. The molecule has 5 aromatic rings. The fraction of sp³-hybridized carbons (Fsp3) is 0.214. The number of carbonyl (C=O) groups excluding carboxylic acids is 2. The molecule has 0 saturated carbocycles. The smallest absolute Gasteiger partial charge is 0.260 e. The molecule has 0 aliphatic carbocycles. The summed E-state index contributed by atoms with van der Waals surface area (Å²) in [6.07, 6.45) is 4.70. The van der Waals surface area contributed by atoms with Crippen molar-refractivity contribution in [3.8, 4) is 6.07 Å². The number of nitrogens with zero attached hydrogens (tertiary/aromatic N) is 6. The van der Waals surface area contributed by atoms with Crippen LogP contribution >= 0.6 is 0 Å². The zero-order valence-corrected chi connectivity index (χ0v) is 19.6. The molecule has 2 aromatic heterocycles. The lowest BCUT2D eigenvalue weighted by molar-refractivity contribution is 0.0985. The van der Waals surface area contributed by atoms with Crippen LogP contribution in [0.1, 0.15) is 53.0 Å². The minimum atomic E-state index is -0.134. The van der Waals surface area contributed by atoms with Crippen molar-refractivity contribution < 1.29 is 9.59 Å². The van der Waals surface area contributed by atoms with Crippen LogP contribution in [0.3, 0.4) is 0 Å². The Hall–Kier alpha value is -4.82. The van der Waals surface area contributed by atoms with Crippen molar-refractivity contribution >= 4 is 72.2 Å². The van der Waals surface area contributed by atoms with E-state index in [1.165, 1.54) is 0 Å². The highest BCUT2D eigenvalue weighted by molar-refractivity contribution is 6.42. The molecule has 8 heteroatoms. The van der Waals surface area contributed by atoms with Crippen LogP contribution in [0.2, 0.25) is 0 Å². The van der Waals surface area contributed by atoms with Gasteiger partial charge < -0.3 is 9.80 Å². The van der Waals surface area contributed by atoms with Gasteiger partial charge in [-0.25, -0.2) is 4.85 Å². The second kappa shape index (κ2) is 6.87. The fourth-order valence-electron chi connectivity index (χ4n) is 6.05. The minimum Gasteiger partial charge on any atom is -0.309 e. The third kappa shape index (κ3) is 2.18. The summed E-state index contributed by atoms with van der Waals surface area (Å²) in [7, 11) is 0. The number of fused-ring (bicyclic) bond motifs is 2. The number of carbonyl (C=O) groups is 2. The van der Waals surface area contributed by atoms with Crippen LogP contribution < -0.4 is 9.80 Å². The predicted octanol–water partition coefficient (Wildman–Crippen LogP) is 5.69. The van der Waals surface area contributed by atoms with Crippen LogP contribution in [0.15, 0.2) is 24.5 Å². The van der Waals surface area contributed by atoms with Gasteiger partial charge in [0, 0.05) is 63.5 Å². The van der Waals surface area contributed by atoms with Gasteiger partial charge in [-0.3, -0.25) is 19.6 Å². The summed E-state index contributed by atoms with van der Waals surface area (Å²) in [5.74, 6) is -0.265. The summed E-state index contributed by atoms with van der Waals surface area (Å²) in [6, 6.07) is 5.86. The maximum atomic E-state index is 13.3. The van der Waals surface area contributed by atoms with E-state index in [1.807, 2.05) is 13.8 Å². The quantitative estimate of drug-likeness (QED) is 0.191. The summed E-state index contributed by atoms with van der Waals surface area (Å²) in [5.41, 5.74) is 4.26. The molecule has 4 heterocycles. The zero-order valence-electron chi connectivity index (χ0n) is 19.6. The van der Waals surface area contributed by atoms with Crippen LogP contribution in [0.25, 0.3) is 48.2 Å². The normalized spacial score (nSPS) is 14.2. The molecular formula is C28H18N6O2. The Bertz CT molecular complexity index is 1800. The zero-order chi connectivity index (χ0) is 24.9. The van der Waals surface area contributed by atoms with Gasteiger partial charge in [-0.05, 0) is 25.0 Å². The summed E-state index contributed by atoms with van der Waals surface area (Å²) in [5, 5.41) is 14.3. The lowest BCUT2D eigenvalue weighted by Gasteiger charge is -2.20. The van der Waals surface area contributed by atoms with Gasteiger partial charge in [-0.2, -0.15) is 5.26 Å². The standard InChI is InChI=1S/C28H18N6O2/c1-4-6-33-17-8-13(10-29)19-23-20(17)14(27(33)35)12-32-26(23)22-16(30-3)9-18-21-15(11-31-25(19)24(21)22)28(36)34(18)7-5-2/h8-9,11-12H,4-7H2,1-2H3. The van der Waals surface area contributed by atoms with E-state index in [1.54, 1.807) is 34.3 Å². The van der Waals surface area contributed by atoms with Crippen LogP contribution in [0.5, 0.6) is 0 Å². The number of hydrogen-bond acceptors (Lipinski definition) is 5. The Labute approximate surface area is 205 Å². The number of hydrogen-bond donors (Lipinski definition) is 0. The molecule has 2 aliphatic heterocycles. The maximum Gasteiger partial charge on any atom is 0.260 e. The van der Waals surface area contributed by atoms with E-state index in [-0.39, 0.29) is 11.8 Å². The highest BCUT2D eigenvalue weighted by Crippen LogP contribution is 2.52. The number of benzene rings is 3. The van der Waals surface area contributed by atoms with Crippen molar-refractivity contribution in [2.24, 2.45) is 0 Å². The number of rotatable bonds is 4. The molecule has 36 heavy (non-hydrogen) atoms. The molecule has 0 atom stereocenters. The van der Waals surface area contributed by atoms with Crippen LogP contribution in [-0.2, 0) is 0 Å². The Morgan fingerprint density at radius 3 is 1.89 bits per heavy atom. The number of anilines is 2. The van der Waals surface area contributed by atoms with Crippen molar-refractivity contribution in [2.75, 3.05) is 22.9 Å². The molecule has 2 amide bonds. The first-order chi connectivity index (χ1) is 17.5. The highest BCUT2D eigenvalue weighted by atomic mass is 16.2. The molecular weight excluding hydrogens is 452 g/mol. The Morgan fingerprint density at radius 1 is 0.833 bits per heavy atom. The van der Waals surface area contributed by atoms with Crippen LogP contribution in [0, 0.1) is 17.9 Å². The second-order valence-electron chi connectivity index (χ2n) is 9.29. The number of nitriles is 1. The van der Waals surface area contributed by atoms with Crippen molar-refractivity contribution in [3.05, 3.63) is 52.6 Å². The summed E-state index contributed by atoms with van der Waals surface area (Å²) < 4.78 is 0. The van der Waals surface area contributed by atoms with E-state index in [0.717, 1.165) is 23.6 Å². The Kier molecular flexibility index (Phi) is 3.92. The third-order valence-electron chi connectivity index (χ3n) is 7.39. The summed E-state index contributed by atoms with van der Waals surface area (Å²) in [4.78, 5) is 43.3. The van der Waals surface area contributed by atoms with Crippen molar-refractivity contribution in [3.63, 3.8) is 0 Å². The fourth-order valence-corrected chi connectivity index (χ4v) is 6.05. The molecule has 8 nitrogen and oxygen atoms in total. The molecule has 3 aromatic carbocycles. The van der Waals surface area contributed by atoms with Crippen molar-refractivity contribution in [2.45, 2.75) is 26.7 Å². The number of aromatic nitrogens is 2. The van der Waals surface area contributed by atoms with Gasteiger partial charge >= 0.3 is 0 Å². The maximum absolute atomic E-state index is 13.3. The lowest BCUT2D eigenvalue weighted by Crippen LogP contribution is -2.27. The molecule has 0 fully saturated rings. The third-order valence-corrected chi connectivity index (χ3v) is 7.39. The van der Waals surface area contributed by atoms with Crippen LogP contribution in [0.4, 0.5) is 17.1 Å². The second-order valence-corrected chi connectivity index (χ2v) is 9.29. The lowest BCUT2D eigenvalue weighted by atomic mass is 9.89. The van der Waals surface area contributed by atoms with E-state index in [9.17, 15) is 14.9 Å². The van der Waals surface area contributed by atoms with Crippen molar-refractivity contribution in [1.82, 2.24) is 9.97 Å². The molecule has 7 rings (SSSR count). The van der Waals surface area contributed by atoms with E-state index in [4.69, 9.17) is 16.5 Å². The topological polar surface area (TPSA) is 94.5 Å². The average Bonchev–Trinajstić information content (AvgIpc) is 3.33. The number of amides is 2. The first kappa shape index (κ1) is 20.5. The Morgan fingerprint density at radius 2 is 1.36 bits per heavy atom. The van der Waals surface area contributed by atoms with Gasteiger partial charge in [0.15, 0.2) is 5.69 Å². The Balaban J connectivity index is 1.78. The van der Waals surface area contributed by atoms with Crippen LogP contribution in [-0.4, -0.2) is 34.9 Å². The molecule has 0 bridgehead atoms. The first-order valence-electron chi connectivity index (χ1n) is 12.0. The number of pyridine rings is 2. The monoisotopic (exact) mass is 470 g/mol. The molecule has 0 radical (unpaired) electrons. The average molecular weight is 470 g/mol. The molecule has 0 N–H and O–H groups in total. The van der Waals surface area contributed by atoms with E-state index >= 15 is 0 Å². The molecule has 2 aliphatic rings. The SMILES string of the molecule is [C-]#[N+]c1cc2c3c(cnc4c5c(C#N)cc6c7c(cnc(c1c34)c75)C(=O)N6CCC)C(=O)N2CCC. The summed E-state index contributed by atoms with van der Waals surface area (Å²) in [6.45, 7) is 13.1. The largest absolute Gasteiger partial charge is 0.309 e. The van der Waals surface area contributed by atoms with Gasteiger partial charge in [-0.1, -0.05) is 13.8 Å². The van der Waals surface area contributed by atoms with Gasteiger partial charge in [-0.15, -0.1) is 0 Å². The predicted molar refractivity (Wildman–Crippen MR) is 138 cm³/mol. The van der Waals surface area contributed by atoms with Gasteiger partial charge in [0.05, 0.1) is 46.1 Å². The van der Waals surface area contributed by atoms with Gasteiger partial charge in [0.1, 0.15) is 0 Å². The van der Waals surface area contributed by atoms with Gasteiger partial charge in [0.2, 0.25) is 0 Å².